The number of hydrogen-bond donors (Lipinski definition) is 1. The Morgan fingerprint density at radius 1 is 1.03 bits per heavy atom. The third-order valence-corrected chi connectivity index (χ3v) is 7.47. The number of thiazole rings is 1. The molecule has 1 N–H and O–H groups in total. The van der Waals surface area contributed by atoms with Gasteiger partial charge in [0.2, 0.25) is 0 Å². The molecule has 4 aromatic rings. The first-order valence-corrected chi connectivity index (χ1v) is 13.8. The fourth-order valence-corrected chi connectivity index (χ4v) is 5.56. The topological polar surface area (TPSA) is 102 Å². The second-order valence-corrected chi connectivity index (χ2v) is 10.1. The van der Waals surface area contributed by atoms with Crippen molar-refractivity contribution in [3.63, 3.8) is 0 Å². The maximum Gasteiger partial charge on any atom is 0.301 e. The molecule has 39 heavy (non-hydrogen) atoms. The van der Waals surface area contributed by atoms with Crippen LogP contribution in [0, 0.1) is 0 Å². The zero-order chi connectivity index (χ0) is 27.4. The van der Waals surface area contributed by atoms with Crippen LogP contribution in [0.5, 0.6) is 11.5 Å². The molecule has 0 spiro atoms. The van der Waals surface area contributed by atoms with Crippen molar-refractivity contribution in [1.29, 1.82) is 0 Å². The van der Waals surface area contributed by atoms with Crippen LogP contribution < -0.4 is 14.4 Å². The van der Waals surface area contributed by atoms with Crippen molar-refractivity contribution in [3.8, 4) is 11.5 Å². The number of nitrogens with zero attached hydrogens (tertiary/aromatic N) is 3. The lowest BCUT2D eigenvalue weighted by molar-refractivity contribution is -0.132. The van der Waals surface area contributed by atoms with Gasteiger partial charge in [-0.2, -0.15) is 0 Å². The van der Waals surface area contributed by atoms with E-state index >= 15 is 0 Å². The predicted molar refractivity (Wildman–Crippen MR) is 151 cm³/mol. The van der Waals surface area contributed by atoms with Gasteiger partial charge in [0.25, 0.3) is 5.78 Å². The number of Topliss-reactive ketones (excluding diaryl/α,β-unsaturated/α-hetero) is 1. The lowest BCUT2D eigenvalue weighted by atomic mass is 9.96. The number of hydrogen-bond acceptors (Lipinski definition) is 8. The molecule has 9 heteroatoms. The molecule has 200 valence electrons. The molecule has 0 radical (unpaired) electrons. The van der Waals surface area contributed by atoms with Crippen molar-refractivity contribution in [2.45, 2.75) is 39.2 Å². The summed E-state index contributed by atoms with van der Waals surface area (Å²) in [4.78, 5) is 37.1. The van der Waals surface area contributed by atoms with Gasteiger partial charge in [0, 0.05) is 18.0 Å². The Hall–Kier alpha value is -4.24. The number of aliphatic hydroxyl groups is 1. The van der Waals surface area contributed by atoms with Crippen molar-refractivity contribution in [3.05, 3.63) is 83.7 Å². The third-order valence-electron chi connectivity index (χ3n) is 6.45. The average Bonchev–Trinajstić information content (AvgIpc) is 3.49. The highest BCUT2D eigenvalue weighted by molar-refractivity contribution is 7.22. The highest BCUT2D eigenvalue weighted by Crippen LogP contribution is 2.44. The molecule has 1 fully saturated rings. The first-order valence-electron chi connectivity index (χ1n) is 13.0. The summed E-state index contributed by atoms with van der Waals surface area (Å²) in [6, 6.07) is 15.0. The molecule has 0 aliphatic carbocycles. The zero-order valence-electron chi connectivity index (χ0n) is 21.8. The minimum Gasteiger partial charge on any atom is -0.507 e. The minimum absolute atomic E-state index is 0.0149. The number of amides is 1. The van der Waals surface area contributed by atoms with Crippen LogP contribution in [0.3, 0.4) is 0 Å². The van der Waals surface area contributed by atoms with Crippen molar-refractivity contribution in [2.24, 2.45) is 0 Å². The van der Waals surface area contributed by atoms with Crippen molar-refractivity contribution < 1.29 is 24.2 Å². The lowest BCUT2D eigenvalue weighted by Crippen LogP contribution is -2.29. The molecule has 1 aliphatic rings. The SMILES string of the molecule is CCCCCOc1ccc(/C(O)=C2\C(=O)C(=O)N(c3nc4ccc(OCC)cc4s3)C2c2cccnc2)cc1. The van der Waals surface area contributed by atoms with Gasteiger partial charge in [-0.05, 0) is 67.4 Å². The monoisotopic (exact) mass is 543 g/mol. The molecule has 0 saturated carbocycles. The van der Waals surface area contributed by atoms with E-state index in [1.807, 2.05) is 25.1 Å². The van der Waals surface area contributed by atoms with Gasteiger partial charge in [-0.1, -0.05) is 37.2 Å². The maximum absolute atomic E-state index is 13.4. The molecular formula is C30H29N3O5S. The van der Waals surface area contributed by atoms with E-state index in [2.05, 4.69) is 16.9 Å². The number of rotatable bonds is 10. The second-order valence-electron chi connectivity index (χ2n) is 9.09. The van der Waals surface area contributed by atoms with Gasteiger partial charge < -0.3 is 14.6 Å². The van der Waals surface area contributed by atoms with E-state index < -0.39 is 17.7 Å². The molecule has 2 aromatic heterocycles. The van der Waals surface area contributed by atoms with Crippen LogP contribution in [-0.2, 0) is 9.59 Å². The van der Waals surface area contributed by atoms with Gasteiger partial charge in [0.1, 0.15) is 17.3 Å². The van der Waals surface area contributed by atoms with E-state index in [1.165, 1.54) is 16.2 Å². The van der Waals surface area contributed by atoms with E-state index in [9.17, 15) is 14.7 Å². The van der Waals surface area contributed by atoms with Crippen LogP contribution in [0.4, 0.5) is 5.13 Å². The zero-order valence-corrected chi connectivity index (χ0v) is 22.6. The number of benzene rings is 2. The molecule has 1 amide bonds. The number of aromatic nitrogens is 2. The standard InChI is InChI=1S/C30H29N3O5S/c1-3-5-6-16-38-21-11-9-19(10-12-21)27(34)25-26(20-8-7-15-31-18-20)33(29(36)28(25)35)30-32-23-14-13-22(37-4-2)17-24(23)39-30/h7-15,17-18,26,34H,3-6,16H2,1-2H3/b27-25+. The van der Waals surface area contributed by atoms with Gasteiger partial charge in [0.15, 0.2) is 5.13 Å². The molecule has 8 nitrogen and oxygen atoms in total. The molecule has 1 atom stereocenters. The fraction of sp³-hybridized carbons (Fsp3) is 0.267. The van der Waals surface area contributed by atoms with E-state index in [0.29, 0.717) is 46.5 Å². The van der Waals surface area contributed by atoms with Crippen LogP contribution in [0.1, 0.15) is 50.3 Å². The first-order chi connectivity index (χ1) is 19.0. The number of aliphatic hydroxyl groups excluding tert-OH is 1. The molecule has 0 bridgehead atoms. The Morgan fingerprint density at radius 2 is 1.82 bits per heavy atom. The molecule has 1 aliphatic heterocycles. The number of unbranched alkanes of at least 4 members (excludes halogenated alkanes) is 2. The lowest BCUT2D eigenvalue weighted by Gasteiger charge is -2.22. The van der Waals surface area contributed by atoms with Crippen LogP contribution in [-0.4, -0.2) is 40.0 Å². The number of pyridine rings is 1. The smallest absolute Gasteiger partial charge is 0.301 e. The van der Waals surface area contributed by atoms with Gasteiger partial charge in [0.05, 0.1) is 35.0 Å². The van der Waals surface area contributed by atoms with E-state index in [1.54, 1.807) is 48.8 Å². The van der Waals surface area contributed by atoms with Crippen molar-refractivity contribution >= 4 is 44.1 Å². The van der Waals surface area contributed by atoms with Gasteiger partial charge in [-0.15, -0.1) is 0 Å². The molecular weight excluding hydrogens is 514 g/mol. The number of carbonyl (C=O) groups is 2. The summed E-state index contributed by atoms with van der Waals surface area (Å²) in [5.74, 6) is -0.431. The van der Waals surface area contributed by atoms with Crippen LogP contribution >= 0.6 is 11.3 Å². The van der Waals surface area contributed by atoms with Gasteiger partial charge in [-0.3, -0.25) is 19.5 Å². The second kappa shape index (κ2) is 11.7. The number of anilines is 1. The molecule has 1 unspecified atom stereocenters. The highest BCUT2D eigenvalue weighted by atomic mass is 32.1. The van der Waals surface area contributed by atoms with E-state index in [-0.39, 0.29) is 11.3 Å². The Bertz CT molecular complexity index is 1510. The summed E-state index contributed by atoms with van der Waals surface area (Å²) in [5.41, 5.74) is 1.66. The van der Waals surface area contributed by atoms with Crippen molar-refractivity contribution in [2.75, 3.05) is 18.1 Å². The Labute approximate surface area is 230 Å². The largest absolute Gasteiger partial charge is 0.507 e. The number of carbonyl (C=O) groups excluding carboxylic acids is 2. The summed E-state index contributed by atoms with van der Waals surface area (Å²) >= 11 is 1.28. The number of ketones is 1. The number of ether oxygens (including phenoxy) is 2. The summed E-state index contributed by atoms with van der Waals surface area (Å²) in [6.45, 7) is 5.18. The molecule has 3 heterocycles. The molecule has 5 rings (SSSR count). The van der Waals surface area contributed by atoms with Crippen LogP contribution in [0.25, 0.3) is 16.0 Å². The summed E-state index contributed by atoms with van der Waals surface area (Å²) < 4.78 is 12.2. The normalized spacial score (nSPS) is 16.7. The molecule has 1 saturated heterocycles. The Balaban J connectivity index is 1.54. The quantitative estimate of drug-likeness (QED) is 0.109. The third kappa shape index (κ3) is 5.35. The van der Waals surface area contributed by atoms with E-state index in [4.69, 9.17) is 9.47 Å². The Morgan fingerprint density at radius 3 is 2.54 bits per heavy atom. The maximum atomic E-state index is 13.4. The summed E-state index contributed by atoms with van der Waals surface area (Å²) in [7, 11) is 0. The Kier molecular flexibility index (Phi) is 7.88. The first kappa shape index (κ1) is 26.4. The van der Waals surface area contributed by atoms with Gasteiger partial charge in [-0.25, -0.2) is 4.98 Å². The summed E-state index contributed by atoms with van der Waals surface area (Å²) in [5, 5.41) is 11.7. The number of fused-ring (bicyclic) bond motifs is 1. The van der Waals surface area contributed by atoms with Crippen LogP contribution in [0.15, 0.2) is 72.6 Å². The molecule has 2 aromatic carbocycles. The predicted octanol–water partition coefficient (Wildman–Crippen LogP) is 6.29. The average molecular weight is 544 g/mol. The summed E-state index contributed by atoms with van der Waals surface area (Å²) in [6.07, 6.45) is 6.37. The van der Waals surface area contributed by atoms with E-state index in [0.717, 1.165) is 24.0 Å². The van der Waals surface area contributed by atoms with Crippen LogP contribution in [0.2, 0.25) is 0 Å². The minimum atomic E-state index is -0.893. The van der Waals surface area contributed by atoms with Crippen molar-refractivity contribution in [1.82, 2.24) is 9.97 Å². The fourth-order valence-electron chi connectivity index (χ4n) is 4.54. The van der Waals surface area contributed by atoms with Gasteiger partial charge >= 0.3 is 5.91 Å². The highest BCUT2D eigenvalue weighted by Gasteiger charge is 2.48.